The van der Waals surface area contributed by atoms with Crippen molar-refractivity contribution in [3.63, 3.8) is 0 Å². The standard InChI is InChI=1S/C22H26N2O3S/c1-11-6-7-12(2)16(8-11)19-15(5)28-22(23-19)24-20(25)17-9-13(3)14(4)10-18(17)21(26)27/h6-8,17-18H,9-10H2,1-5H3,(H,26,27)(H,23,24,25)/t17-,18-/m0/s1. The Morgan fingerprint density at radius 3 is 2.36 bits per heavy atom. The third-order valence-corrected chi connectivity index (χ3v) is 6.48. The van der Waals surface area contributed by atoms with E-state index in [0.29, 0.717) is 18.0 Å². The molecule has 0 aliphatic heterocycles. The van der Waals surface area contributed by atoms with Crippen LogP contribution in [0.15, 0.2) is 29.3 Å². The number of anilines is 1. The maximum atomic E-state index is 12.9. The smallest absolute Gasteiger partial charge is 0.307 e. The molecular formula is C22H26N2O3S. The molecule has 1 aliphatic rings. The number of benzene rings is 1. The van der Waals surface area contributed by atoms with Crippen LogP contribution in [-0.2, 0) is 9.59 Å². The van der Waals surface area contributed by atoms with Crippen molar-refractivity contribution in [3.8, 4) is 11.3 Å². The molecule has 0 spiro atoms. The van der Waals surface area contributed by atoms with Crippen LogP contribution in [0.5, 0.6) is 0 Å². The van der Waals surface area contributed by atoms with E-state index >= 15 is 0 Å². The Morgan fingerprint density at radius 2 is 1.71 bits per heavy atom. The second-order valence-electron chi connectivity index (χ2n) is 7.75. The second kappa shape index (κ2) is 7.87. The molecule has 5 nitrogen and oxygen atoms in total. The number of allylic oxidation sites excluding steroid dienone is 2. The molecule has 1 amide bonds. The number of carbonyl (C=O) groups is 2. The van der Waals surface area contributed by atoms with E-state index in [1.807, 2.05) is 34.6 Å². The van der Waals surface area contributed by atoms with Gasteiger partial charge in [-0.1, -0.05) is 28.8 Å². The zero-order valence-electron chi connectivity index (χ0n) is 16.9. The number of aryl methyl sites for hydroxylation is 3. The Balaban J connectivity index is 1.85. The van der Waals surface area contributed by atoms with Gasteiger partial charge in [0.25, 0.3) is 0 Å². The van der Waals surface area contributed by atoms with Gasteiger partial charge in [-0.3, -0.25) is 9.59 Å². The Labute approximate surface area is 169 Å². The van der Waals surface area contributed by atoms with Crippen molar-refractivity contribution >= 4 is 28.3 Å². The van der Waals surface area contributed by atoms with Gasteiger partial charge in [0.05, 0.1) is 17.5 Å². The average Bonchev–Trinajstić information content (AvgIpc) is 2.98. The lowest BCUT2D eigenvalue weighted by Gasteiger charge is -2.29. The van der Waals surface area contributed by atoms with Gasteiger partial charge < -0.3 is 10.4 Å². The van der Waals surface area contributed by atoms with Gasteiger partial charge in [0.1, 0.15) is 0 Å². The van der Waals surface area contributed by atoms with Gasteiger partial charge in [-0.25, -0.2) is 4.98 Å². The van der Waals surface area contributed by atoms with Crippen molar-refractivity contribution in [2.75, 3.05) is 5.32 Å². The average molecular weight is 399 g/mol. The molecule has 0 saturated carbocycles. The predicted molar refractivity (Wildman–Crippen MR) is 113 cm³/mol. The number of aliphatic carboxylic acids is 1. The van der Waals surface area contributed by atoms with Gasteiger partial charge >= 0.3 is 5.97 Å². The quantitative estimate of drug-likeness (QED) is 0.701. The number of carboxylic acids is 1. The Morgan fingerprint density at radius 1 is 1.07 bits per heavy atom. The Kier molecular flexibility index (Phi) is 5.70. The zero-order chi connectivity index (χ0) is 20.6. The molecule has 2 atom stereocenters. The fourth-order valence-electron chi connectivity index (χ4n) is 3.72. The monoisotopic (exact) mass is 398 g/mol. The highest BCUT2D eigenvalue weighted by Crippen LogP contribution is 2.37. The van der Waals surface area contributed by atoms with Crippen LogP contribution in [0.3, 0.4) is 0 Å². The van der Waals surface area contributed by atoms with Crippen molar-refractivity contribution in [3.05, 3.63) is 45.3 Å². The molecule has 0 radical (unpaired) electrons. The normalized spacial score (nSPS) is 19.6. The van der Waals surface area contributed by atoms with Crippen molar-refractivity contribution in [2.45, 2.75) is 47.5 Å². The highest BCUT2D eigenvalue weighted by Gasteiger charge is 2.37. The molecule has 0 bridgehead atoms. The highest BCUT2D eigenvalue weighted by molar-refractivity contribution is 7.16. The molecule has 1 heterocycles. The topological polar surface area (TPSA) is 79.3 Å². The van der Waals surface area contributed by atoms with Crippen LogP contribution in [0, 0.1) is 32.6 Å². The lowest BCUT2D eigenvalue weighted by molar-refractivity contribution is -0.146. The fraction of sp³-hybridized carbons (Fsp3) is 0.409. The van der Waals surface area contributed by atoms with E-state index < -0.39 is 17.8 Å². The van der Waals surface area contributed by atoms with Crippen molar-refractivity contribution in [2.24, 2.45) is 11.8 Å². The Bertz CT molecular complexity index is 974. The van der Waals surface area contributed by atoms with Gasteiger partial charge in [0, 0.05) is 10.4 Å². The van der Waals surface area contributed by atoms with Crippen LogP contribution in [0.25, 0.3) is 11.3 Å². The molecule has 6 heteroatoms. The summed E-state index contributed by atoms with van der Waals surface area (Å²) in [7, 11) is 0. The van der Waals surface area contributed by atoms with Crippen molar-refractivity contribution < 1.29 is 14.7 Å². The van der Waals surface area contributed by atoms with Crippen molar-refractivity contribution in [1.82, 2.24) is 4.98 Å². The minimum Gasteiger partial charge on any atom is -0.481 e. The largest absolute Gasteiger partial charge is 0.481 e. The number of hydrogen-bond acceptors (Lipinski definition) is 4. The van der Waals surface area contributed by atoms with Crippen LogP contribution in [-0.4, -0.2) is 22.0 Å². The number of nitrogens with zero attached hydrogens (tertiary/aromatic N) is 1. The van der Waals surface area contributed by atoms with E-state index in [2.05, 4.69) is 28.5 Å². The number of thiazole rings is 1. The van der Waals surface area contributed by atoms with Crippen molar-refractivity contribution in [1.29, 1.82) is 0 Å². The summed E-state index contributed by atoms with van der Waals surface area (Å²) in [6, 6.07) is 6.23. The van der Waals surface area contributed by atoms with E-state index in [1.54, 1.807) is 0 Å². The summed E-state index contributed by atoms with van der Waals surface area (Å²) in [5.41, 5.74) is 6.38. The molecule has 1 aromatic heterocycles. The van der Waals surface area contributed by atoms with E-state index in [1.165, 1.54) is 11.3 Å². The molecule has 2 N–H and O–H groups in total. The molecule has 1 aromatic carbocycles. The minimum absolute atomic E-state index is 0.263. The van der Waals surface area contributed by atoms with Crippen LogP contribution < -0.4 is 5.32 Å². The van der Waals surface area contributed by atoms with Crippen LogP contribution in [0.1, 0.15) is 42.7 Å². The predicted octanol–water partition coefficient (Wildman–Crippen LogP) is 5.12. The van der Waals surface area contributed by atoms with E-state index in [4.69, 9.17) is 0 Å². The fourth-order valence-corrected chi connectivity index (χ4v) is 4.55. The zero-order valence-corrected chi connectivity index (χ0v) is 17.7. The summed E-state index contributed by atoms with van der Waals surface area (Å²) in [5, 5.41) is 13.0. The van der Waals surface area contributed by atoms with Crippen LogP contribution >= 0.6 is 11.3 Å². The Hall–Kier alpha value is -2.47. The molecule has 0 unspecified atom stereocenters. The summed E-state index contributed by atoms with van der Waals surface area (Å²) in [6.07, 6.45) is 0.896. The second-order valence-corrected chi connectivity index (χ2v) is 8.95. The number of carboxylic acid groups (broad SMARTS) is 1. The first kappa shape index (κ1) is 20.3. The third kappa shape index (κ3) is 4.02. The van der Waals surface area contributed by atoms with Gasteiger partial charge in [-0.2, -0.15) is 0 Å². The number of hydrogen-bond donors (Lipinski definition) is 2. The molecule has 2 aromatic rings. The molecule has 0 fully saturated rings. The highest BCUT2D eigenvalue weighted by atomic mass is 32.1. The SMILES string of the molecule is CC1=C(C)C[C@H](C(=O)Nc2nc(-c3cc(C)ccc3C)c(C)s2)[C@@H](C(=O)O)C1. The van der Waals surface area contributed by atoms with E-state index in [9.17, 15) is 14.7 Å². The summed E-state index contributed by atoms with van der Waals surface area (Å²) >= 11 is 1.42. The number of carbonyl (C=O) groups excluding carboxylic acids is 1. The maximum absolute atomic E-state index is 12.9. The molecule has 1 aliphatic carbocycles. The van der Waals surface area contributed by atoms with Crippen LogP contribution in [0.4, 0.5) is 5.13 Å². The summed E-state index contributed by atoms with van der Waals surface area (Å²) in [4.78, 5) is 30.2. The molecule has 3 rings (SSSR count). The molecular weight excluding hydrogens is 372 g/mol. The van der Waals surface area contributed by atoms with Gasteiger partial charge in [0.15, 0.2) is 5.13 Å². The summed E-state index contributed by atoms with van der Waals surface area (Å²) < 4.78 is 0. The third-order valence-electron chi connectivity index (χ3n) is 5.60. The number of aromatic nitrogens is 1. The number of nitrogens with one attached hydrogen (secondary N) is 1. The number of amides is 1. The molecule has 0 saturated heterocycles. The minimum atomic E-state index is -0.918. The lowest BCUT2D eigenvalue weighted by atomic mass is 9.76. The van der Waals surface area contributed by atoms with Gasteiger partial charge in [-0.05, 0) is 59.1 Å². The first-order valence-electron chi connectivity index (χ1n) is 9.41. The lowest BCUT2D eigenvalue weighted by Crippen LogP contribution is -2.36. The van der Waals surface area contributed by atoms with E-state index in [-0.39, 0.29) is 5.91 Å². The van der Waals surface area contributed by atoms with Gasteiger partial charge in [0.2, 0.25) is 5.91 Å². The van der Waals surface area contributed by atoms with Crippen LogP contribution in [0.2, 0.25) is 0 Å². The molecule has 148 valence electrons. The van der Waals surface area contributed by atoms with Gasteiger partial charge in [-0.15, -0.1) is 11.3 Å². The first-order chi connectivity index (χ1) is 13.2. The maximum Gasteiger partial charge on any atom is 0.307 e. The molecule has 28 heavy (non-hydrogen) atoms. The van der Waals surface area contributed by atoms with E-state index in [0.717, 1.165) is 38.4 Å². The first-order valence-corrected chi connectivity index (χ1v) is 10.2. The summed E-state index contributed by atoms with van der Waals surface area (Å²) in [6.45, 7) is 9.99. The summed E-state index contributed by atoms with van der Waals surface area (Å²) in [5.74, 6) is -2.45. The number of rotatable bonds is 4.